The van der Waals surface area contributed by atoms with Crippen LogP contribution in [0.1, 0.15) is 50.9 Å². The lowest BCUT2D eigenvalue weighted by Crippen LogP contribution is -2.44. The summed E-state index contributed by atoms with van der Waals surface area (Å²) >= 11 is 6.40. The Kier molecular flexibility index (Phi) is 4.57. The van der Waals surface area contributed by atoms with Crippen molar-refractivity contribution in [1.82, 2.24) is 15.1 Å². The first-order chi connectivity index (χ1) is 8.98. The van der Waals surface area contributed by atoms with Crippen LogP contribution in [0.4, 0.5) is 0 Å². The second-order valence-corrected chi connectivity index (χ2v) is 6.52. The molecule has 1 aromatic rings. The topological polar surface area (TPSA) is 29.9 Å². The molecule has 0 spiro atoms. The van der Waals surface area contributed by atoms with E-state index in [2.05, 4.69) is 24.3 Å². The van der Waals surface area contributed by atoms with Gasteiger partial charge in [0, 0.05) is 19.5 Å². The average molecular weight is 284 g/mol. The number of likely N-dealkylation sites (N-methyl/N-ethyl adjacent to an activating group) is 1. The molecular formula is C15H26ClN3. The number of halogens is 1. The van der Waals surface area contributed by atoms with Crippen LogP contribution in [-0.4, -0.2) is 22.4 Å². The van der Waals surface area contributed by atoms with E-state index in [4.69, 9.17) is 11.6 Å². The number of nitrogens with zero attached hydrogens (tertiary/aromatic N) is 2. The van der Waals surface area contributed by atoms with Gasteiger partial charge in [-0.3, -0.25) is 4.68 Å². The molecule has 0 bridgehead atoms. The van der Waals surface area contributed by atoms with E-state index in [1.54, 1.807) is 0 Å². The highest BCUT2D eigenvalue weighted by Gasteiger charge is 2.37. The van der Waals surface area contributed by atoms with Gasteiger partial charge in [-0.05, 0) is 31.7 Å². The first kappa shape index (κ1) is 14.9. The van der Waals surface area contributed by atoms with Crippen molar-refractivity contribution in [2.75, 3.05) is 6.54 Å². The van der Waals surface area contributed by atoms with E-state index >= 15 is 0 Å². The maximum atomic E-state index is 6.40. The Morgan fingerprint density at radius 3 is 2.53 bits per heavy atom. The summed E-state index contributed by atoms with van der Waals surface area (Å²) in [5, 5.41) is 8.95. The zero-order valence-corrected chi connectivity index (χ0v) is 13.3. The summed E-state index contributed by atoms with van der Waals surface area (Å²) in [6.45, 7) is 7.59. The number of hydrogen-bond donors (Lipinski definition) is 1. The van der Waals surface area contributed by atoms with Crippen molar-refractivity contribution in [3.8, 4) is 0 Å². The quantitative estimate of drug-likeness (QED) is 0.897. The summed E-state index contributed by atoms with van der Waals surface area (Å²) in [6, 6.07) is 0.493. The lowest BCUT2D eigenvalue weighted by Gasteiger charge is -2.35. The molecule has 3 nitrogen and oxygen atoms in total. The fourth-order valence-corrected chi connectivity index (χ4v) is 3.67. The van der Waals surface area contributed by atoms with E-state index in [0.717, 1.165) is 23.7 Å². The summed E-state index contributed by atoms with van der Waals surface area (Å²) in [5.74, 6) is 0. The monoisotopic (exact) mass is 283 g/mol. The van der Waals surface area contributed by atoms with E-state index < -0.39 is 0 Å². The lowest BCUT2D eigenvalue weighted by molar-refractivity contribution is 0.219. The molecule has 1 saturated carbocycles. The van der Waals surface area contributed by atoms with E-state index in [0.29, 0.717) is 11.5 Å². The van der Waals surface area contributed by atoms with Crippen molar-refractivity contribution in [2.45, 2.75) is 58.9 Å². The van der Waals surface area contributed by atoms with Crippen LogP contribution >= 0.6 is 11.6 Å². The highest BCUT2D eigenvalue weighted by molar-refractivity contribution is 6.31. The molecule has 2 rings (SSSR count). The lowest BCUT2D eigenvalue weighted by atomic mass is 9.78. The van der Waals surface area contributed by atoms with Gasteiger partial charge in [-0.1, -0.05) is 38.3 Å². The maximum absolute atomic E-state index is 6.40. The zero-order valence-electron chi connectivity index (χ0n) is 12.6. The van der Waals surface area contributed by atoms with Crippen LogP contribution in [0.15, 0.2) is 0 Å². The molecule has 1 N–H and O–H groups in total. The van der Waals surface area contributed by atoms with Gasteiger partial charge >= 0.3 is 0 Å². The predicted molar refractivity (Wildman–Crippen MR) is 80.7 cm³/mol. The van der Waals surface area contributed by atoms with Crippen molar-refractivity contribution in [3.63, 3.8) is 0 Å². The molecule has 19 heavy (non-hydrogen) atoms. The van der Waals surface area contributed by atoms with Crippen molar-refractivity contribution < 1.29 is 0 Å². The largest absolute Gasteiger partial charge is 0.313 e. The SMILES string of the molecule is CCNC(Cc1c(Cl)c(C)nn1C)C1(C)CCCC1. The van der Waals surface area contributed by atoms with Gasteiger partial charge in [-0.15, -0.1) is 0 Å². The van der Waals surface area contributed by atoms with E-state index in [9.17, 15) is 0 Å². The molecule has 1 aliphatic rings. The normalized spacial score (nSPS) is 19.8. The van der Waals surface area contributed by atoms with Gasteiger partial charge in [-0.2, -0.15) is 5.10 Å². The molecule has 1 atom stereocenters. The zero-order chi connectivity index (χ0) is 14.0. The molecule has 0 saturated heterocycles. The van der Waals surface area contributed by atoms with Crippen LogP contribution in [0.5, 0.6) is 0 Å². The Labute approximate surface area is 121 Å². The van der Waals surface area contributed by atoms with Crippen molar-refractivity contribution in [1.29, 1.82) is 0 Å². The molecule has 0 radical (unpaired) electrons. The molecule has 0 aromatic carbocycles. The minimum absolute atomic E-state index is 0.400. The number of nitrogens with one attached hydrogen (secondary N) is 1. The third-order valence-electron chi connectivity index (χ3n) is 4.70. The van der Waals surface area contributed by atoms with Crippen molar-refractivity contribution >= 4 is 11.6 Å². The smallest absolute Gasteiger partial charge is 0.0847 e. The van der Waals surface area contributed by atoms with Gasteiger partial charge in [0.15, 0.2) is 0 Å². The van der Waals surface area contributed by atoms with Crippen molar-refractivity contribution in [2.24, 2.45) is 12.5 Å². The average Bonchev–Trinajstić information content (AvgIpc) is 2.89. The fourth-order valence-electron chi connectivity index (χ4n) is 3.44. The summed E-state index contributed by atoms with van der Waals surface area (Å²) in [7, 11) is 1.99. The summed E-state index contributed by atoms with van der Waals surface area (Å²) in [6.07, 6.45) is 6.33. The highest BCUT2D eigenvalue weighted by atomic mass is 35.5. The number of aromatic nitrogens is 2. The molecule has 4 heteroatoms. The first-order valence-electron chi connectivity index (χ1n) is 7.39. The maximum Gasteiger partial charge on any atom is 0.0847 e. The van der Waals surface area contributed by atoms with Crippen LogP contribution in [0, 0.1) is 12.3 Å². The van der Waals surface area contributed by atoms with Crippen LogP contribution < -0.4 is 5.32 Å². The summed E-state index contributed by atoms with van der Waals surface area (Å²) in [5.41, 5.74) is 2.50. The molecule has 1 heterocycles. The Morgan fingerprint density at radius 2 is 2.05 bits per heavy atom. The van der Waals surface area contributed by atoms with Crippen LogP contribution in [0.25, 0.3) is 0 Å². The van der Waals surface area contributed by atoms with Gasteiger partial charge < -0.3 is 5.32 Å². The molecular weight excluding hydrogens is 258 g/mol. The van der Waals surface area contributed by atoms with E-state index in [-0.39, 0.29) is 0 Å². The van der Waals surface area contributed by atoms with Gasteiger partial charge in [-0.25, -0.2) is 0 Å². The number of aryl methyl sites for hydroxylation is 2. The summed E-state index contributed by atoms with van der Waals surface area (Å²) in [4.78, 5) is 0. The molecule has 1 fully saturated rings. The van der Waals surface area contributed by atoms with Gasteiger partial charge in [0.25, 0.3) is 0 Å². The third kappa shape index (κ3) is 2.97. The van der Waals surface area contributed by atoms with Crippen molar-refractivity contribution in [3.05, 3.63) is 16.4 Å². The minimum atomic E-state index is 0.400. The Bertz CT molecular complexity index is 433. The van der Waals surface area contributed by atoms with Crippen LogP contribution in [-0.2, 0) is 13.5 Å². The van der Waals surface area contributed by atoms with Crippen LogP contribution in [0.3, 0.4) is 0 Å². The molecule has 0 aliphatic heterocycles. The molecule has 108 valence electrons. The highest BCUT2D eigenvalue weighted by Crippen LogP contribution is 2.42. The van der Waals surface area contributed by atoms with Gasteiger partial charge in [0.1, 0.15) is 0 Å². The standard InChI is InChI=1S/C15H26ClN3/c1-5-17-13(15(3)8-6-7-9-15)10-12-14(16)11(2)18-19(12)4/h13,17H,5-10H2,1-4H3. The Morgan fingerprint density at radius 1 is 1.42 bits per heavy atom. The number of hydrogen-bond acceptors (Lipinski definition) is 2. The van der Waals surface area contributed by atoms with E-state index in [1.807, 2.05) is 18.7 Å². The first-order valence-corrected chi connectivity index (χ1v) is 7.77. The third-order valence-corrected chi connectivity index (χ3v) is 5.19. The van der Waals surface area contributed by atoms with Gasteiger partial charge in [0.05, 0.1) is 16.4 Å². The van der Waals surface area contributed by atoms with Gasteiger partial charge in [0.2, 0.25) is 0 Å². The fraction of sp³-hybridized carbons (Fsp3) is 0.800. The molecule has 1 unspecified atom stereocenters. The number of rotatable bonds is 5. The van der Waals surface area contributed by atoms with Crippen LogP contribution in [0.2, 0.25) is 5.02 Å². The van der Waals surface area contributed by atoms with E-state index in [1.165, 1.54) is 31.4 Å². The molecule has 0 amide bonds. The molecule has 1 aliphatic carbocycles. The predicted octanol–water partition coefficient (Wildman–Crippen LogP) is 3.48. The minimum Gasteiger partial charge on any atom is -0.313 e. The Balaban J connectivity index is 2.21. The molecule has 1 aromatic heterocycles. The Hall–Kier alpha value is -0.540. The second kappa shape index (κ2) is 5.84. The second-order valence-electron chi connectivity index (χ2n) is 6.15. The summed E-state index contributed by atoms with van der Waals surface area (Å²) < 4.78 is 1.94.